The molecule has 0 unspecified atom stereocenters. The summed E-state index contributed by atoms with van der Waals surface area (Å²) < 4.78 is 13.5. The Kier molecular flexibility index (Phi) is 5.41. The summed E-state index contributed by atoms with van der Waals surface area (Å²) in [4.78, 5) is 0. The fourth-order valence-corrected chi connectivity index (χ4v) is 2.58. The highest BCUT2D eigenvalue weighted by Gasteiger charge is 2.22. The van der Waals surface area contributed by atoms with E-state index in [1.165, 1.54) is 32.1 Å². The van der Waals surface area contributed by atoms with Crippen molar-refractivity contribution in [3.63, 3.8) is 0 Å². The molecule has 1 saturated carbocycles. The first-order chi connectivity index (χ1) is 7.68. The van der Waals surface area contributed by atoms with Gasteiger partial charge in [-0.3, -0.25) is 0 Å². The fraction of sp³-hybridized carbons (Fsp3) is 0.571. The van der Waals surface area contributed by atoms with Gasteiger partial charge >= 0.3 is 0 Å². The molecule has 1 fully saturated rings. The number of benzene rings is 1. The summed E-state index contributed by atoms with van der Waals surface area (Å²) in [6.45, 7) is 1.78. The number of aryl methyl sites for hydroxylation is 1. The third-order valence-corrected chi connectivity index (χ3v) is 3.74. The highest BCUT2D eigenvalue weighted by Crippen LogP contribution is 2.33. The van der Waals surface area contributed by atoms with Crippen molar-refractivity contribution in [2.75, 3.05) is 0 Å². The second kappa shape index (κ2) is 6.36. The summed E-state index contributed by atoms with van der Waals surface area (Å²) in [7, 11) is 0. The molecule has 0 aliphatic heterocycles. The molecule has 2 rings (SSSR count). The largest absolute Gasteiger partial charge is 0.324 e. The highest BCUT2D eigenvalue weighted by atomic mass is 35.5. The van der Waals surface area contributed by atoms with Gasteiger partial charge in [0.1, 0.15) is 5.82 Å². The molecule has 0 bridgehead atoms. The molecule has 1 aromatic rings. The van der Waals surface area contributed by atoms with Crippen LogP contribution in [-0.2, 0) is 0 Å². The van der Waals surface area contributed by atoms with Crippen molar-refractivity contribution < 1.29 is 4.39 Å². The standard InChI is InChI=1S/C14H20FN.ClH/c1-10-7-8-12(9-13(10)15)14(16)11-5-3-2-4-6-11;/h7-9,11,14H,2-6,16H2,1H3;1H/t14-;/m1./s1. The van der Waals surface area contributed by atoms with Crippen LogP contribution >= 0.6 is 12.4 Å². The molecule has 96 valence electrons. The molecule has 2 N–H and O–H groups in total. The van der Waals surface area contributed by atoms with Gasteiger partial charge < -0.3 is 5.73 Å². The molecule has 0 amide bonds. The molecule has 0 spiro atoms. The number of hydrogen-bond acceptors (Lipinski definition) is 1. The van der Waals surface area contributed by atoms with Crippen molar-refractivity contribution in [3.8, 4) is 0 Å². The van der Waals surface area contributed by atoms with Crippen LogP contribution in [0.3, 0.4) is 0 Å². The Labute approximate surface area is 109 Å². The lowest BCUT2D eigenvalue weighted by Gasteiger charge is -2.27. The van der Waals surface area contributed by atoms with Crippen LogP contribution in [0, 0.1) is 18.7 Å². The Bertz CT molecular complexity index is 361. The maximum Gasteiger partial charge on any atom is 0.126 e. The molecule has 0 saturated heterocycles. The smallest absolute Gasteiger partial charge is 0.126 e. The van der Waals surface area contributed by atoms with Gasteiger partial charge in [-0.15, -0.1) is 12.4 Å². The lowest BCUT2D eigenvalue weighted by molar-refractivity contribution is 0.308. The van der Waals surface area contributed by atoms with E-state index in [0.29, 0.717) is 11.5 Å². The van der Waals surface area contributed by atoms with E-state index in [-0.39, 0.29) is 24.3 Å². The van der Waals surface area contributed by atoms with Crippen LogP contribution in [-0.4, -0.2) is 0 Å². The monoisotopic (exact) mass is 257 g/mol. The topological polar surface area (TPSA) is 26.0 Å². The second-order valence-corrected chi connectivity index (χ2v) is 4.93. The molecule has 1 nitrogen and oxygen atoms in total. The molecule has 17 heavy (non-hydrogen) atoms. The van der Waals surface area contributed by atoms with Crippen LogP contribution in [0.2, 0.25) is 0 Å². The van der Waals surface area contributed by atoms with Crippen molar-refractivity contribution in [3.05, 3.63) is 35.1 Å². The number of hydrogen-bond donors (Lipinski definition) is 1. The first-order valence-electron chi connectivity index (χ1n) is 6.20. The zero-order valence-electron chi connectivity index (χ0n) is 10.3. The molecular formula is C14H21ClFN. The van der Waals surface area contributed by atoms with Crippen molar-refractivity contribution >= 4 is 12.4 Å². The molecular weight excluding hydrogens is 237 g/mol. The van der Waals surface area contributed by atoms with Gasteiger partial charge in [0.25, 0.3) is 0 Å². The Balaban J connectivity index is 0.00000144. The van der Waals surface area contributed by atoms with Crippen LogP contribution in [0.25, 0.3) is 0 Å². The lowest BCUT2D eigenvalue weighted by atomic mass is 9.81. The first kappa shape index (κ1) is 14.5. The molecule has 3 heteroatoms. The first-order valence-corrected chi connectivity index (χ1v) is 6.20. The number of nitrogens with two attached hydrogens (primary N) is 1. The SMILES string of the molecule is Cc1ccc([C@H](N)C2CCCCC2)cc1F.Cl. The summed E-state index contributed by atoms with van der Waals surface area (Å²) in [6.07, 6.45) is 6.25. The molecule has 1 atom stereocenters. The normalized spacial score (nSPS) is 18.5. The highest BCUT2D eigenvalue weighted by molar-refractivity contribution is 5.85. The van der Waals surface area contributed by atoms with Crippen LogP contribution in [0.15, 0.2) is 18.2 Å². The van der Waals surface area contributed by atoms with Crippen LogP contribution < -0.4 is 5.73 Å². The quantitative estimate of drug-likeness (QED) is 0.847. The average molecular weight is 258 g/mol. The molecule has 0 aromatic heterocycles. The van der Waals surface area contributed by atoms with Crippen molar-refractivity contribution in [2.45, 2.75) is 45.1 Å². The third kappa shape index (κ3) is 3.43. The van der Waals surface area contributed by atoms with Gasteiger partial charge in [-0.1, -0.05) is 31.4 Å². The fourth-order valence-electron chi connectivity index (χ4n) is 2.58. The number of halogens is 2. The van der Waals surface area contributed by atoms with E-state index in [2.05, 4.69) is 0 Å². The molecule has 1 aliphatic carbocycles. The maximum atomic E-state index is 13.5. The summed E-state index contributed by atoms with van der Waals surface area (Å²) in [6, 6.07) is 5.41. The van der Waals surface area contributed by atoms with Crippen LogP contribution in [0.4, 0.5) is 4.39 Å². The molecule has 1 aromatic carbocycles. The summed E-state index contributed by atoms with van der Waals surface area (Å²) in [5, 5.41) is 0. The van der Waals surface area contributed by atoms with Gasteiger partial charge in [0.2, 0.25) is 0 Å². The zero-order chi connectivity index (χ0) is 11.5. The predicted octanol–water partition coefficient (Wildman–Crippen LogP) is 4.14. The minimum absolute atomic E-state index is 0. The summed E-state index contributed by atoms with van der Waals surface area (Å²) >= 11 is 0. The van der Waals surface area contributed by atoms with E-state index in [0.717, 1.165) is 5.56 Å². The van der Waals surface area contributed by atoms with E-state index in [1.807, 2.05) is 12.1 Å². The minimum atomic E-state index is -0.135. The minimum Gasteiger partial charge on any atom is -0.324 e. The Morgan fingerprint density at radius 1 is 1.24 bits per heavy atom. The van der Waals surface area contributed by atoms with E-state index in [9.17, 15) is 4.39 Å². The van der Waals surface area contributed by atoms with Crippen molar-refractivity contribution in [1.29, 1.82) is 0 Å². The van der Waals surface area contributed by atoms with Gasteiger partial charge in [-0.05, 0) is 42.9 Å². The van der Waals surface area contributed by atoms with Crippen molar-refractivity contribution in [2.24, 2.45) is 11.7 Å². The summed E-state index contributed by atoms with van der Waals surface area (Å²) in [5.74, 6) is 0.402. The molecule has 1 aliphatic rings. The van der Waals surface area contributed by atoms with Gasteiger partial charge in [0, 0.05) is 6.04 Å². The zero-order valence-corrected chi connectivity index (χ0v) is 11.1. The van der Waals surface area contributed by atoms with E-state index >= 15 is 0 Å². The Morgan fingerprint density at radius 3 is 2.47 bits per heavy atom. The molecule has 0 heterocycles. The van der Waals surface area contributed by atoms with Gasteiger partial charge in [0.05, 0.1) is 0 Å². The Morgan fingerprint density at radius 2 is 1.88 bits per heavy atom. The van der Waals surface area contributed by atoms with E-state index < -0.39 is 0 Å². The van der Waals surface area contributed by atoms with Crippen LogP contribution in [0.5, 0.6) is 0 Å². The molecule has 0 radical (unpaired) electrons. The summed E-state index contributed by atoms with van der Waals surface area (Å²) in [5.41, 5.74) is 7.87. The van der Waals surface area contributed by atoms with Crippen LogP contribution in [0.1, 0.15) is 49.3 Å². The van der Waals surface area contributed by atoms with Gasteiger partial charge in [-0.2, -0.15) is 0 Å². The van der Waals surface area contributed by atoms with E-state index in [4.69, 9.17) is 5.73 Å². The second-order valence-electron chi connectivity index (χ2n) is 4.93. The van der Waals surface area contributed by atoms with Gasteiger partial charge in [-0.25, -0.2) is 4.39 Å². The predicted molar refractivity (Wildman–Crippen MR) is 71.9 cm³/mol. The van der Waals surface area contributed by atoms with Crippen molar-refractivity contribution in [1.82, 2.24) is 0 Å². The third-order valence-electron chi connectivity index (χ3n) is 3.74. The Hall–Kier alpha value is -0.600. The lowest BCUT2D eigenvalue weighted by Crippen LogP contribution is -2.23. The van der Waals surface area contributed by atoms with E-state index in [1.54, 1.807) is 13.0 Å². The average Bonchev–Trinajstić information content (AvgIpc) is 2.33. The maximum absolute atomic E-state index is 13.5. The van der Waals surface area contributed by atoms with Gasteiger partial charge in [0.15, 0.2) is 0 Å². The number of rotatable bonds is 2.